The van der Waals surface area contributed by atoms with E-state index in [1.54, 1.807) is 6.20 Å². The van der Waals surface area contributed by atoms with Crippen LogP contribution in [-0.2, 0) is 14.4 Å². The molecule has 3 amide bonds. The standard InChI is InChI=1S/C20H26N4O3/c25-18-6-4-16(19(26)22-18)15-3-5-17(21-13-15)23-11-7-14(8-12-23)20(27)24-9-1-2-10-24/h3,5,13-14,16H,1-2,4,6-12H2,(H,22,25,26)/t16-/m1/s1. The third kappa shape index (κ3) is 3.82. The fourth-order valence-corrected chi connectivity index (χ4v) is 4.35. The molecular formula is C20H26N4O3. The Morgan fingerprint density at radius 1 is 1.04 bits per heavy atom. The molecule has 1 aromatic rings. The molecule has 0 spiro atoms. The number of rotatable bonds is 3. The predicted molar refractivity (Wildman–Crippen MR) is 100 cm³/mol. The highest BCUT2D eigenvalue weighted by molar-refractivity contribution is 6.00. The van der Waals surface area contributed by atoms with Crippen LogP contribution in [0.2, 0.25) is 0 Å². The lowest BCUT2D eigenvalue weighted by atomic mass is 9.91. The Balaban J connectivity index is 1.34. The van der Waals surface area contributed by atoms with Crippen LogP contribution >= 0.6 is 0 Å². The number of nitrogens with zero attached hydrogens (tertiary/aromatic N) is 3. The molecule has 7 nitrogen and oxygen atoms in total. The maximum absolute atomic E-state index is 12.5. The number of anilines is 1. The number of aromatic nitrogens is 1. The van der Waals surface area contributed by atoms with Gasteiger partial charge in [0.2, 0.25) is 17.7 Å². The van der Waals surface area contributed by atoms with Crippen LogP contribution in [0.5, 0.6) is 0 Å². The summed E-state index contributed by atoms with van der Waals surface area (Å²) in [5.74, 6) is 0.621. The summed E-state index contributed by atoms with van der Waals surface area (Å²) in [4.78, 5) is 44.6. The fraction of sp³-hybridized carbons (Fsp3) is 0.600. The Morgan fingerprint density at radius 2 is 1.78 bits per heavy atom. The van der Waals surface area contributed by atoms with E-state index in [0.717, 1.165) is 63.2 Å². The first-order chi connectivity index (χ1) is 13.1. The van der Waals surface area contributed by atoms with Crippen LogP contribution in [0.1, 0.15) is 50.0 Å². The van der Waals surface area contributed by atoms with Gasteiger partial charge < -0.3 is 9.80 Å². The van der Waals surface area contributed by atoms with Gasteiger partial charge in [-0.25, -0.2) is 4.98 Å². The molecule has 0 radical (unpaired) electrons. The van der Waals surface area contributed by atoms with Crippen molar-refractivity contribution in [1.29, 1.82) is 0 Å². The molecule has 4 heterocycles. The maximum Gasteiger partial charge on any atom is 0.234 e. The largest absolute Gasteiger partial charge is 0.357 e. The van der Waals surface area contributed by atoms with E-state index in [1.165, 1.54) is 0 Å². The van der Waals surface area contributed by atoms with E-state index in [-0.39, 0.29) is 23.7 Å². The summed E-state index contributed by atoms with van der Waals surface area (Å²) < 4.78 is 0. The van der Waals surface area contributed by atoms with Gasteiger partial charge in [0, 0.05) is 44.7 Å². The summed E-state index contributed by atoms with van der Waals surface area (Å²) in [6.07, 6.45) is 6.66. The van der Waals surface area contributed by atoms with Crippen LogP contribution in [0.15, 0.2) is 18.3 Å². The molecule has 3 aliphatic rings. The number of imide groups is 1. The molecular weight excluding hydrogens is 344 g/mol. The zero-order chi connectivity index (χ0) is 18.8. The number of amides is 3. The number of carbonyl (C=O) groups is 3. The molecule has 1 N–H and O–H groups in total. The third-order valence-electron chi connectivity index (χ3n) is 6.00. The smallest absolute Gasteiger partial charge is 0.234 e. The van der Waals surface area contributed by atoms with Crippen molar-refractivity contribution in [3.05, 3.63) is 23.9 Å². The summed E-state index contributed by atoms with van der Waals surface area (Å²) in [5.41, 5.74) is 0.850. The van der Waals surface area contributed by atoms with Gasteiger partial charge in [-0.05, 0) is 43.7 Å². The normalized spacial score (nSPS) is 24.2. The molecule has 0 saturated carbocycles. The molecule has 0 unspecified atom stereocenters. The third-order valence-corrected chi connectivity index (χ3v) is 6.00. The van der Waals surface area contributed by atoms with E-state index in [4.69, 9.17) is 0 Å². The first-order valence-electron chi connectivity index (χ1n) is 9.95. The number of nitrogens with one attached hydrogen (secondary N) is 1. The van der Waals surface area contributed by atoms with Crippen LogP contribution in [0.4, 0.5) is 5.82 Å². The van der Waals surface area contributed by atoms with E-state index < -0.39 is 0 Å². The molecule has 1 aromatic heterocycles. The Morgan fingerprint density at radius 3 is 2.41 bits per heavy atom. The van der Waals surface area contributed by atoms with Gasteiger partial charge in [0.05, 0.1) is 5.92 Å². The van der Waals surface area contributed by atoms with Crippen molar-refractivity contribution in [3.63, 3.8) is 0 Å². The summed E-state index contributed by atoms with van der Waals surface area (Å²) >= 11 is 0. The molecule has 4 rings (SSSR count). The number of piperidine rings is 2. The number of hydrogen-bond donors (Lipinski definition) is 1. The molecule has 3 saturated heterocycles. The number of pyridine rings is 1. The lowest BCUT2D eigenvalue weighted by molar-refractivity contribution is -0.135. The van der Waals surface area contributed by atoms with Gasteiger partial charge in [-0.2, -0.15) is 0 Å². The van der Waals surface area contributed by atoms with Crippen molar-refractivity contribution in [2.75, 3.05) is 31.1 Å². The van der Waals surface area contributed by atoms with Gasteiger partial charge in [0.15, 0.2) is 0 Å². The quantitative estimate of drug-likeness (QED) is 0.814. The lowest BCUT2D eigenvalue weighted by Gasteiger charge is -2.34. The average molecular weight is 370 g/mol. The fourth-order valence-electron chi connectivity index (χ4n) is 4.35. The SMILES string of the molecule is O=C1CC[C@H](c2ccc(N3CCC(C(=O)N4CCCC4)CC3)nc2)C(=O)N1. The van der Waals surface area contributed by atoms with Gasteiger partial charge in [0.25, 0.3) is 0 Å². The van der Waals surface area contributed by atoms with Crippen LogP contribution in [0.3, 0.4) is 0 Å². The number of likely N-dealkylation sites (tertiary alicyclic amines) is 1. The van der Waals surface area contributed by atoms with Crippen molar-refractivity contribution in [1.82, 2.24) is 15.2 Å². The van der Waals surface area contributed by atoms with Crippen LogP contribution < -0.4 is 10.2 Å². The molecule has 1 atom stereocenters. The van der Waals surface area contributed by atoms with Crippen LogP contribution in [-0.4, -0.2) is 53.8 Å². The molecule has 0 aromatic carbocycles. The van der Waals surface area contributed by atoms with Crippen molar-refractivity contribution in [2.45, 2.75) is 44.4 Å². The minimum atomic E-state index is -0.298. The first-order valence-corrected chi connectivity index (χ1v) is 9.95. The number of hydrogen-bond acceptors (Lipinski definition) is 5. The highest BCUT2D eigenvalue weighted by Crippen LogP contribution is 2.28. The molecule has 144 valence electrons. The van der Waals surface area contributed by atoms with E-state index >= 15 is 0 Å². The van der Waals surface area contributed by atoms with Crippen LogP contribution in [0.25, 0.3) is 0 Å². The molecule has 0 aliphatic carbocycles. The second-order valence-corrected chi connectivity index (χ2v) is 7.75. The maximum atomic E-state index is 12.5. The zero-order valence-electron chi connectivity index (χ0n) is 15.5. The summed E-state index contributed by atoms with van der Waals surface area (Å²) in [6, 6.07) is 3.88. The van der Waals surface area contributed by atoms with Crippen molar-refractivity contribution < 1.29 is 14.4 Å². The zero-order valence-corrected chi connectivity index (χ0v) is 15.5. The Kier molecular flexibility index (Phi) is 5.09. The lowest BCUT2D eigenvalue weighted by Crippen LogP contribution is -2.42. The van der Waals surface area contributed by atoms with Crippen molar-refractivity contribution in [3.8, 4) is 0 Å². The molecule has 3 fully saturated rings. The van der Waals surface area contributed by atoms with Gasteiger partial charge in [0.1, 0.15) is 5.82 Å². The summed E-state index contributed by atoms with van der Waals surface area (Å²) in [6.45, 7) is 3.49. The molecule has 3 aliphatic heterocycles. The Bertz CT molecular complexity index is 719. The summed E-state index contributed by atoms with van der Waals surface area (Å²) in [5, 5.41) is 2.39. The van der Waals surface area contributed by atoms with Gasteiger partial charge in [-0.1, -0.05) is 6.07 Å². The minimum Gasteiger partial charge on any atom is -0.357 e. The number of carbonyl (C=O) groups excluding carboxylic acids is 3. The topological polar surface area (TPSA) is 82.6 Å². The predicted octanol–water partition coefficient (Wildman–Crippen LogP) is 1.44. The highest BCUT2D eigenvalue weighted by Gasteiger charge is 2.31. The monoisotopic (exact) mass is 370 g/mol. The van der Waals surface area contributed by atoms with Gasteiger partial charge in [-0.3, -0.25) is 19.7 Å². The van der Waals surface area contributed by atoms with Crippen molar-refractivity contribution in [2.24, 2.45) is 5.92 Å². The Labute approximate surface area is 159 Å². The summed E-state index contributed by atoms with van der Waals surface area (Å²) in [7, 11) is 0. The average Bonchev–Trinajstić information content (AvgIpc) is 3.23. The van der Waals surface area contributed by atoms with Crippen LogP contribution in [0, 0.1) is 5.92 Å². The second-order valence-electron chi connectivity index (χ2n) is 7.75. The molecule has 0 bridgehead atoms. The van der Waals surface area contributed by atoms with E-state index in [1.807, 2.05) is 17.0 Å². The Hall–Kier alpha value is -2.44. The van der Waals surface area contributed by atoms with Gasteiger partial charge in [-0.15, -0.1) is 0 Å². The second kappa shape index (κ2) is 7.66. The molecule has 27 heavy (non-hydrogen) atoms. The van der Waals surface area contributed by atoms with E-state index in [0.29, 0.717) is 18.7 Å². The molecule has 7 heteroatoms. The van der Waals surface area contributed by atoms with Crippen molar-refractivity contribution >= 4 is 23.5 Å². The van der Waals surface area contributed by atoms with E-state index in [9.17, 15) is 14.4 Å². The first kappa shape index (κ1) is 17.9. The van der Waals surface area contributed by atoms with Gasteiger partial charge >= 0.3 is 0 Å². The minimum absolute atomic E-state index is 0.141. The highest BCUT2D eigenvalue weighted by atomic mass is 16.2. The van der Waals surface area contributed by atoms with E-state index in [2.05, 4.69) is 15.2 Å².